The predicted octanol–water partition coefficient (Wildman–Crippen LogP) is 3.83. The summed E-state index contributed by atoms with van der Waals surface area (Å²) in [5.41, 5.74) is 1.24. The monoisotopic (exact) mass is 331 g/mol. The van der Waals surface area contributed by atoms with Gasteiger partial charge in [-0.1, -0.05) is 23.7 Å². The van der Waals surface area contributed by atoms with E-state index in [1.165, 1.54) is 25.3 Å². The van der Waals surface area contributed by atoms with E-state index >= 15 is 0 Å². The summed E-state index contributed by atoms with van der Waals surface area (Å²) in [7, 11) is 1.50. The smallest absolute Gasteiger partial charge is 0.363 e. The molecule has 0 spiro atoms. The van der Waals surface area contributed by atoms with E-state index < -0.39 is 5.97 Å². The molecule has 0 saturated heterocycles. The average Bonchev–Trinajstić information content (AvgIpc) is 2.90. The van der Waals surface area contributed by atoms with Crippen molar-refractivity contribution in [3.63, 3.8) is 0 Å². The highest BCUT2D eigenvalue weighted by Gasteiger charge is 2.26. The van der Waals surface area contributed by atoms with Crippen molar-refractivity contribution in [2.75, 3.05) is 7.11 Å². The number of nitrogens with zero attached hydrogens (tertiary/aromatic N) is 1. The lowest BCUT2D eigenvalue weighted by atomic mass is 10.2. The molecular formula is C17H11ClFNO3. The van der Waals surface area contributed by atoms with Crippen LogP contribution in [0.25, 0.3) is 6.08 Å². The van der Waals surface area contributed by atoms with Gasteiger partial charge in [-0.2, -0.15) is 0 Å². The molecule has 6 heteroatoms. The molecule has 0 N–H and O–H groups in total. The second kappa shape index (κ2) is 6.22. The Labute approximate surface area is 136 Å². The summed E-state index contributed by atoms with van der Waals surface area (Å²) >= 11 is 5.97. The molecule has 23 heavy (non-hydrogen) atoms. The van der Waals surface area contributed by atoms with Crippen molar-refractivity contribution in [1.29, 1.82) is 0 Å². The Bertz CT molecular complexity index is 828. The van der Waals surface area contributed by atoms with Crippen LogP contribution in [0.1, 0.15) is 11.1 Å². The zero-order valence-corrected chi connectivity index (χ0v) is 12.8. The lowest BCUT2D eigenvalue weighted by Crippen LogP contribution is -2.07. The van der Waals surface area contributed by atoms with Gasteiger partial charge in [-0.05, 0) is 42.0 Å². The number of halogens is 2. The number of hydrogen-bond acceptors (Lipinski definition) is 4. The van der Waals surface area contributed by atoms with E-state index in [0.717, 1.165) is 0 Å². The molecule has 0 aromatic heterocycles. The largest absolute Gasteiger partial charge is 0.496 e. The molecule has 1 aliphatic rings. The van der Waals surface area contributed by atoms with Crippen LogP contribution in [0.2, 0.25) is 5.02 Å². The van der Waals surface area contributed by atoms with Crippen molar-refractivity contribution in [2.45, 2.75) is 0 Å². The molecule has 1 aliphatic heterocycles. The van der Waals surface area contributed by atoms with Crippen LogP contribution in [0, 0.1) is 5.82 Å². The van der Waals surface area contributed by atoms with Crippen molar-refractivity contribution in [3.05, 3.63) is 70.1 Å². The zero-order valence-electron chi connectivity index (χ0n) is 12.0. The molecule has 0 radical (unpaired) electrons. The first kappa shape index (κ1) is 15.2. The van der Waals surface area contributed by atoms with Gasteiger partial charge in [0.05, 0.1) is 12.7 Å². The van der Waals surface area contributed by atoms with Gasteiger partial charge in [-0.3, -0.25) is 0 Å². The highest BCUT2D eigenvalue weighted by atomic mass is 35.5. The molecule has 0 aliphatic carbocycles. The SMILES string of the molecule is COc1ccc(Cl)cc1C1=N/C(=C\c2ccc(F)cc2)C(=O)O1. The average molecular weight is 332 g/mol. The van der Waals surface area contributed by atoms with Crippen LogP contribution < -0.4 is 4.74 Å². The van der Waals surface area contributed by atoms with Gasteiger partial charge in [0.2, 0.25) is 5.90 Å². The first-order valence-corrected chi connectivity index (χ1v) is 7.06. The van der Waals surface area contributed by atoms with Gasteiger partial charge in [0.25, 0.3) is 0 Å². The van der Waals surface area contributed by atoms with E-state index in [0.29, 0.717) is 21.9 Å². The number of rotatable bonds is 3. The minimum Gasteiger partial charge on any atom is -0.496 e. The molecule has 0 atom stereocenters. The first-order chi connectivity index (χ1) is 11.1. The predicted molar refractivity (Wildman–Crippen MR) is 85.0 cm³/mol. The summed E-state index contributed by atoms with van der Waals surface area (Å²) in [6.45, 7) is 0. The molecule has 4 nitrogen and oxygen atoms in total. The minimum atomic E-state index is -0.591. The number of esters is 1. The number of benzene rings is 2. The van der Waals surface area contributed by atoms with Crippen LogP contribution in [0.3, 0.4) is 0 Å². The van der Waals surface area contributed by atoms with Crippen molar-refractivity contribution < 1.29 is 18.7 Å². The maximum Gasteiger partial charge on any atom is 0.363 e. The van der Waals surface area contributed by atoms with Gasteiger partial charge >= 0.3 is 5.97 Å². The molecule has 0 bridgehead atoms. The topological polar surface area (TPSA) is 47.9 Å². The van der Waals surface area contributed by atoms with Crippen LogP contribution >= 0.6 is 11.6 Å². The number of carbonyl (C=O) groups excluding carboxylic acids is 1. The maximum atomic E-state index is 12.9. The molecule has 1 heterocycles. The van der Waals surface area contributed by atoms with Crippen molar-refractivity contribution in [2.24, 2.45) is 4.99 Å². The van der Waals surface area contributed by atoms with Crippen LogP contribution in [-0.4, -0.2) is 19.0 Å². The summed E-state index contributed by atoms with van der Waals surface area (Å²) in [6.07, 6.45) is 1.52. The Kier molecular flexibility index (Phi) is 4.12. The van der Waals surface area contributed by atoms with Crippen LogP contribution in [-0.2, 0) is 9.53 Å². The molecule has 0 unspecified atom stereocenters. The second-order valence-electron chi connectivity index (χ2n) is 4.73. The van der Waals surface area contributed by atoms with E-state index in [4.69, 9.17) is 21.1 Å². The first-order valence-electron chi connectivity index (χ1n) is 6.69. The third-order valence-electron chi connectivity index (χ3n) is 3.19. The Morgan fingerprint density at radius 1 is 1.22 bits per heavy atom. The Hall–Kier alpha value is -2.66. The van der Waals surface area contributed by atoms with E-state index in [1.807, 2.05) is 0 Å². The molecule has 2 aromatic carbocycles. The van der Waals surface area contributed by atoms with Crippen molar-refractivity contribution >= 4 is 29.5 Å². The fourth-order valence-electron chi connectivity index (χ4n) is 2.09. The Morgan fingerprint density at radius 2 is 1.96 bits per heavy atom. The highest BCUT2D eigenvalue weighted by molar-refractivity contribution is 6.31. The van der Waals surface area contributed by atoms with Gasteiger partial charge in [-0.25, -0.2) is 14.2 Å². The number of aliphatic imine (C=N–C) groups is 1. The van der Waals surface area contributed by atoms with E-state index in [2.05, 4.69) is 4.99 Å². The molecule has 0 amide bonds. The summed E-state index contributed by atoms with van der Waals surface area (Å²) in [5, 5.41) is 0.468. The lowest BCUT2D eigenvalue weighted by molar-refractivity contribution is -0.129. The highest BCUT2D eigenvalue weighted by Crippen LogP contribution is 2.27. The van der Waals surface area contributed by atoms with E-state index in [-0.39, 0.29) is 17.4 Å². The molecule has 0 saturated carbocycles. The lowest BCUT2D eigenvalue weighted by Gasteiger charge is -2.07. The third kappa shape index (κ3) is 3.24. The number of methoxy groups -OCH3 is 1. The van der Waals surface area contributed by atoms with Gasteiger partial charge in [0, 0.05) is 5.02 Å². The number of cyclic esters (lactones) is 1. The fourth-order valence-corrected chi connectivity index (χ4v) is 2.26. The molecular weight excluding hydrogens is 321 g/mol. The van der Waals surface area contributed by atoms with Crippen LogP contribution in [0.4, 0.5) is 4.39 Å². The fraction of sp³-hybridized carbons (Fsp3) is 0.0588. The van der Waals surface area contributed by atoms with Crippen molar-refractivity contribution in [1.82, 2.24) is 0 Å². The summed E-state index contributed by atoms with van der Waals surface area (Å²) < 4.78 is 23.3. The zero-order chi connectivity index (χ0) is 16.4. The molecule has 3 rings (SSSR count). The molecule has 116 valence electrons. The standard InChI is InChI=1S/C17H11ClFNO3/c1-22-15-7-4-11(18)9-13(15)16-20-14(17(21)23-16)8-10-2-5-12(19)6-3-10/h2-9H,1H3/b14-8-. The summed E-state index contributed by atoms with van der Waals surface area (Å²) in [4.78, 5) is 16.1. The van der Waals surface area contributed by atoms with Crippen LogP contribution in [0.15, 0.2) is 53.2 Å². The van der Waals surface area contributed by atoms with Crippen LogP contribution in [0.5, 0.6) is 5.75 Å². The summed E-state index contributed by atoms with van der Waals surface area (Å²) in [6, 6.07) is 10.6. The second-order valence-corrected chi connectivity index (χ2v) is 5.17. The van der Waals surface area contributed by atoms with Crippen molar-refractivity contribution in [3.8, 4) is 5.75 Å². The van der Waals surface area contributed by atoms with E-state index in [1.54, 1.807) is 30.3 Å². The van der Waals surface area contributed by atoms with Gasteiger partial charge in [0.1, 0.15) is 11.6 Å². The van der Waals surface area contributed by atoms with E-state index in [9.17, 15) is 9.18 Å². The Balaban J connectivity index is 1.98. The molecule has 2 aromatic rings. The maximum absolute atomic E-state index is 12.9. The third-order valence-corrected chi connectivity index (χ3v) is 3.42. The molecule has 0 fully saturated rings. The van der Waals surface area contributed by atoms with Gasteiger partial charge in [0.15, 0.2) is 5.70 Å². The number of hydrogen-bond donors (Lipinski definition) is 0. The van der Waals surface area contributed by atoms with Gasteiger partial charge in [-0.15, -0.1) is 0 Å². The normalized spacial score (nSPS) is 15.5. The Morgan fingerprint density at radius 3 is 2.65 bits per heavy atom. The summed E-state index contributed by atoms with van der Waals surface area (Å²) in [5.74, 6) is -0.341. The number of ether oxygens (including phenoxy) is 2. The minimum absolute atomic E-state index is 0.114. The quantitative estimate of drug-likeness (QED) is 0.634. The van der Waals surface area contributed by atoms with Gasteiger partial charge < -0.3 is 9.47 Å². The number of carbonyl (C=O) groups is 1.